The summed E-state index contributed by atoms with van der Waals surface area (Å²) in [6, 6.07) is 6.30. The average Bonchev–Trinajstić information content (AvgIpc) is 3.07. The molecule has 0 aliphatic carbocycles. The highest BCUT2D eigenvalue weighted by atomic mass is 32.2. The van der Waals surface area contributed by atoms with Gasteiger partial charge in [-0.15, -0.1) is 0 Å². The minimum Gasteiger partial charge on any atom is -0.376 e. The molecule has 3 heterocycles. The van der Waals surface area contributed by atoms with Gasteiger partial charge in [0.2, 0.25) is 15.9 Å². The van der Waals surface area contributed by atoms with Gasteiger partial charge in [-0.05, 0) is 88.1 Å². The Morgan fingerprint density at radius 1 is 1.09 bits per heavy atom. The number of sulfonamides is 1. The number of hydrogen-bond donors (Lipinski definition) is 3. The highest BCUT2D eigenvalue weighted by Gasteiger charge is 2.39. The van der Waals surface area contributed by atoms with Crippen LogP contribution >= 0.6 is 0 Å². The molecule has 3 aliphatic rings. The third-order valence-corrected chi connectivity index (χ3v) is 11.1. The van der Waals surface area contributed by atoms with E-state index in [1.54, 1.807) is 12.1 Å². The van der Waals surface area contributed by atoms with Crippen LogP contribution in [0.25, 0.3) is 0 Å². The van der Waals surface area contributed by atoms with E-state index in [0.29, 0.717) is 37.9 Å². The summed E-state index contributed by atoms with van der Waals surface area (Å²) in [5, 5.41) is 5.95. The first-order valence-corrected chi connectivity index (χ1v) is 16.7. The van der Waals surface area contributed by atoms with Gasteiger partial charge in [0.15, 0.2) is 0 Å². The van der Waals surface area contributed by atoms with Crippen LogP contribution in [0.5, 0.6) is 0 Å². The summed E-state index contributed by atoms with van der Waals surface area (Å²) in [5.41, 5.74) is 6.92. The van der Waals surface area contributed by atoms with Crippen molar-refractivity contribution in [3.8, 4) is 0 Å². The van der Waals surface area contributed by atoms with Crippen LogP contribution < -0.4 is 16.4 Å². The second-order valence-electron chi connectivity index (χ2n) is 12.3. The van der Waals surface area contributed by atoms with Gasteiger partial charge in [-0.3, -0.25) is 4.79 Å². The Labute approximate surface area is 251 Å². The van der Waals surface area contributed by atoms with Crippen molar-refractivity contribution in [1.29, 1.82) is 0 Å². The number of rotatable bonds is 8. The molecule has 0 aromatic heterocycles. The molecule has 2 bridgehead atoms. The number of carbonyl (C=O) groups is 1. The Kier molecular flexibility index (Phi) is 9.82. The number of nitrogens with zero attached hydrogens (tertiary/aromatic N) is 1. The minimum atomic E-state index is -3.45. The quantitative estimate of drug-likeness (QED) is 0.410. The van der Waals surface area contributed by atoms with Crippen LogP contribution in [-0.4, -0.2) is 67.8 Å². The van der Waals surface area contributed by atoms with E-state index < -0.39 is 51.4 Å². The molecule has 3 fully saturated rings. The summed E-state index contributed by atoms with van der Waals surface area (Å²) < 4.78 is 77.3. The van der Waals surface area contributed by atoms with Gasteiger partial charge in [0.25, 0.3) is 0 Å². The number of anilines is 1. The lowest BCUT2D eigenvalue weighted by Gasteiger charge is -2.39. The molecule has 236 valence electrons. The Balaban J connectivity index is 1.37. The van der Waals surface area contributed by atoms with Crippen molar-refractivity contribution in [3.05, 3.63) is 65.0 Å². The van der Waals surface area contributed by atoms with Crippen molar-refractivity contribution in [2.75, 3.05) is 24.2 Å². The van der Waals surface area contributed by atoms with Gasteiger partial charge in [-0.2, -0.15) is 4.31 Å². The molecule has 12 heteroatoms. The van der Waals surface area contributed by atoms with Crippen molar-refractivity contribution in [1.82, 2.24) is 9.62 Å². The zero-order valence-electron chi connectivity index (χ0n) is 24.6. The molecule has 7 atom stereocenters. The predicted molar refractivity (Wildman–Crippen MR) is 158 cm³/mol. The van der Waals surface area contributed by atoms with Crippen molar-refractivity contribution in [3.63, 3.8) is 0 Å². The molecule has 7 unspecified atom stereocenters. The maximum absolute atomic E-state index is 15.2. The molecule has 0 radical (unpaired) electrons. The monoisotopic (exact) mass is 622 g/mol. The van der Waals surface area contributed by atoms with Gasteiger partial charge in [0.1, 0.15) is 17.5 Å². The minimum absolute atomic E-state index is 0.00780. The number of hydrogen-bond acceptors (Lipinski definition) is 6. The standard InChI is InChI=1S/C31H41F3N4O4S/c1-18-14-21(15-19(2)42-18)28(20-5-7-22(32)8-6-20)29(35)31(39)37-30-25(26(33)11-12-27(30)34)10-9-24-16-36-23-4-3-13-43(40,41)38(24)17-23/h5-8,11-12,18-19,21,23-24,28-29,36H,3-4,9-10,13-17,35H2,1-2H3,(H,37,39). The lowest BCUT2D eigenvalue weighted by atomic mass is 9.74. The predicted octanol–water partition coefficient (Wildman–Crippen LogP) is 4.06. The van der Waals surface area contributed by atoms with Crippen LogP contribution in [0.1, 0.15) is 63.0 Å². The number of amides is 1. The SMILES string of the molecule is CC1CC(C(c2ccc(F)cc2)C(N)C(=O)Nc2c(F)ccc(F)c2CCC2CNC3CCCS(=O)(=O)N2C3)CC(C)O1. The number of nitrogens with one attached hydrogen (secondary N) is 2. The Bertz CT molecular complexity index is 1400. The molecule has 2 aromatic rings. The summed E-state index contributed by atoms with van der Waals surface area (Å²) in [5.74, 6) is -3.15. The smallest absolute Gasteiger partial charge is 0.242 e. The fraction of sp³-hybridized carbons (Fsp3) is 0.581. The van der Waals surface area contributed by atoms with E-state index >= 15 is 8.78 Å². The summed E-state index contributed by atoms with van der Waals surface area (Å²) >= 11 is 0. The first kappa shape index (κ1) is 31.9. The number of ether oxygens (including phenoxy) is 1. The summed E-state index contributed by atoms with van der Waals surface area (Å²) in [4.78, 5) is 13.7. The van der Waals surface area contributed by atoms with Gasteiger partial charge in [-0.1, -0.05) is 12.1 Å². The highest BCUT2D eigenvalue weighted by molar-refractivity contribution is 7.89. The Morgan fingerprint density at radius 3 is 2.47 bits per heavy atom. The number of piperazine rings is 1. The largest absolute Gasteiger partial charge is 0.376 e. The van der Waals surface area contributed by atoms with E-state index in [9.17, 15) is 17.6 Å². The average molecular weight is 623 g/mol. The molecule has 3 saturated heterocycles. The van der Waals surface area contributed by atoms with E-state index in [-0.39, 0.29) is 54.0 Å². The van der Waals surface area contributed by atoms with Gasteiger partial charge in [-0.25, -0.2) is 21.6 Å². The summed E-state index contributed by atoms with van der Waals surface area (Å²) in [7, 11) is -3.45. The molecule has 0 saturated carbocycles. The molecule has 0 spiro atoms. The number of fused-ring (bicyclic) bond motifs is 2. The van der Waals surface area contributed by atoms with Crippen LogP contribution in [-0.2, 0) is 26.0 Å². The van der Waals surface area contributed by atoms with Crippen molar-refractivity contribution < 1.29 is 31.1 Å². The van der Waals surface area contributed by atoms with Gasteiger partial charge in [0, 0.05) is 36.7 Å². The van der Waals surface area contributed by atoms with E-state index in [1.165, 1.54) is 16.4 Å². The maximum Gasteiger partial charge on any atom is 0.242 e. The molecular weight excluding hydrogens is 581 g/mol. The maximum atomic E-state index is 15.2. The van der Waals surface area contributed by atoms with Gasteiger partial charge < -0.3 is 21.1 Å². The molecule has 5 rings (SSSR count). The van der Waals surface area contributed by atoms with Crippen molar-refractivity contribution in [2.45, 2.75) is 88.6 Å². The fourth-order valence-corrected chi connectivity index (χ4v) is 8.91. The summed E-state index contributed by atoms with van der Waals surface area (Å²) in [6.45, 7) is 4.66. The van der Waals surface area contributed by atoms with Crippen molar-refractivity contribution in [2.24, 2.45) is 11.7 Å². The van der Waals surface area contributed by atoms with Crippen LogP contribution in [0.15, 0.2) is 36.4 Å². The third-order valence-electron chi connectivity index (χ3n) is 9.13. The molecule has 4 N–H and O–H groups in total. The second kappa shape index (κ2) is 13.2. The van der Waals surface area contributed by atoms with Crippen LogP contribution in [0, 0.1) is 23.4 Å². The second-order valence-corrected chi connectivity index (χ2v) is 14.3. The highest BCUT2D eigenvalue weighted by Crippen LogP contribution is 2.39. The number of benzene rings is 2. The molecule has 43 heavy (non-hydrogen) atoms. The van der Waals surface area contributed by atoms with Crippen LogP contribution in [0.2, 0.25) is 0 Å². The lowest BCUT2D eigenvalue weighted by Crippen LogP contribution is -2.57. The van der Waals surface area contributed by atoms with E-state index in [0.717, 1.165) is 18.6 Å². The fourth-order valence-electron chi connectivity index (χ4n) is 7.11. The summed E-state index contributed by atoms with van der Waals surface area (Å²) in [6.07, 6.45) is 2.70. The van der Waals surface area contributed by atoms with E-state index in [2.05, 4.69) is 10.6 Å². The van der Waals surface area contributed by atoms with E-state index in [4.69, 9.17) is 10.5 Å². The normalized spacial score (nSPS) is 30.2. The zero-order chi connectivity index (χ0) is 30.9. The third kappa shape index (κ3) is 7.25. The van der Waals surface area contributed by atoms with Crippen LogP contribution in [0.4, 0.5) is 18.9 Å². The number of halogens is 3. The Morgan fingerprint density at radius 2 is 1.77 bits per heavy atom. The van der Waals surface area contributed by atoms with Crippen LogP contribution in [0.3, 0.4) is 0 Å². The zero-order valence-corrected chi connectivity index (χ0v) is 25.4. The first-order valence-electron chi connectivity index (χ1n) is 15.1. The van der Waals surface area contributed by atoms with Crippen molar-refractivity contribution >= 4 is 21.6 Å². The molecular formula is C31H41F3N4O4S. The molecule has 8 nitrogen and oxygen atoms in total. The number of carbonyl (C=O) groups excluding carboxylic acids is 1. The topological polar surface area (TPSA) is 114 Å². The molecule has 2 aromatic carbocycles. The lowest BCUT2D eigenvalue weighted by molar-refractivity contribution is -0.119. The number of nitrogens with two attached hydrogens (primary N) is 1. The van der Waals surface area contributed by atoms with Gasteiger partial charge >= 0.3 is 0 Å². The van der Waals surface area contributed by atoms with Gasteiger partial charge in [0.05, 0.1) is 29.7 Å². The Hall–Kier alpha value is -2.51. The van der Waals surface area contributed by atoms with E-state index in [1.807, 2.05) is 13.8 Å². The first-order chi connectivity index (χ1) is 20.4. The molecule has 1 amide bonds. The molecule has 3 aliphatic heterocycles.